The van der Waals surface area contributed by atoms with Gasteiger partial charge in [-0.05, 0) is 33.6 Å². The van der Waals surface area contributed by atoms with E-state index in [1.54, 1.807) is 0 Å². The molecule has 62 valence electrons. The van der Waals surface area contributed by atoms with Crippen LogP contribution in [0.1, 0.15) is 40.5 Å². The first-order chi connectivity index (χ1) is 4.27. The molecule has 0 amide bonds. The van der Waals surface area contributed by atoms with Crippen LogP contribution in [0.3, 0.4) is 0 Å². The zero-order valence-electron chi connectivity index (χ0n) is 7.24. The second kappa shape index (κ2) is 3.22. The molecular formula is C8H17BrO. The Hall–Kier alpha value is 0.440. The van der Waals surface area contributed by atoms with Crippen LogP contribution in [-0.4, -0.2) is 15.0 Å². The Morgan fingerprint density at radius 3 is 1.80 bits per heavy atom. The summed E-state index contributed by atoms with van der Waals surface area (Å²) >= 11 is 3.50. The Bertz CT molecular complexity index is 102. The van der Waals surface area contributed by atoms with Crippen LogP contribution < -0.4 is 0 Å². The van der Waals surface area contributed by atoms with Gasteiger partial charge in [-0.1, -0.05) is 22.9 Å². The first kappa shape index (κ1) is 10.4. The Kier molecular flexibility index (Phi) is 3.37. The number of aliphatic hydroxyl groups is 1. The van der Waals surface area contributed by atoms with Crippen molar-refractivity contribution in [3.05, 3.63) is 0 Å². The average Bonchev–Trinajstić information content (AvgIpc) is 1.60. The fraction of sp³-hybridized carbons (Fsp3) is 1.00. The third kappa shape index (κ3) is 5.24. The van der Waals surface area contributed by atoms with Crippen LogP contribution in [-0.2, 0) is 0 Å². The molecule has 0 aromatic carbocycles. The molecule has 0 spiro atoms. The second-order valence-electron chi connectivity index (χ2n) is 3.75. The van der Waals surface area contributed by atoms with Crippen molar-refractivity contribution >= 4 is 15.9 Å². The highest BCUT2D eigenvalue weighted by Crippen LogP contribution is 2.29. The molecule has 10 heavy (non-hydrogen) atoms. The number of rotatable bonds is 3. The average molecular weight is 209 g/mol. The molecule has 0 saturated heterocycles. The van der Waals surface area contributed by atoms with Crippen molar-refractivity contribution in [3.8, 4) is 0 Å². The maximum Gasteiger partial charge on any atom is 0.0630 e. The summed E-state index contributed by atoms with van der Waals surface area (Å²) in [5.74, 6) is 0. The smallest absolute Gasteiger partial charge is 0.0630 e. The van der Waals surface area contributed by atoms with Gasteiger partial charge in [0.05, 0.1) is 5.60 Å². The van der Waals surface area contributed by atoms with Crippen molar-refractivity contribution < 1.29 is 5.11 Å². The summed E-state index contributed by atoms with van der Waals surface area (Å²) in [7, 11) is 0. The van der Waals surface area contributed by atoms with Gasteiger partial charge in [-0.3, -0.25) is 0 Å². The molecule has 0 aliphatic heterocycles. The van der Waals surface area contributed by atoms with Gasteiger partial charge in [0.25, 0.3) is 0 Å². The summed E-state index contributed by atoms with van der Waals surface area (Å²) in [5, 5.41) is 9.63. The van der Waals surface area contributed by atoms with Crippen LogP contribution in [0, 0.1) is 0 Å². The van der Waals surface area contributed by atoms with Crippen LogP contribution >= 0.6 is 15.9 Å². The predicted octanol–water partition coefficient (Wildman–Crippen LogP) is 2.71. The lowest BCUT2D eigenvalue weighted by Crippen LogP contribution is -2.30. The Morgan fingerprint density at radius 1 is 1.30 bits per heavy atom. The van der Waals surface area contributed by atoms with Crippen molar-refractivity contribution in [2.75, 3.05) is 0 Å². The largest absolute Gasteiger partial charge is 0.390 e. The van der Waals surface area contributed by atoms with Gasteiger partial charge < -0.3 is 5.11 Å². The second-order valence-corrected chi connectivity index (χ2v) is 5.89. The Morgan fingerprint density at radius 2 is 1.70 bits per heavy atom. The highest BCUT2D eigenvalue weighted by Gasteiger charge is 2.26. The molecule has 0 fully saturated rings. The minimum atomic E-state index is -0.521. The monoisotopic (exact) mass is 208 g/mol. The van der Waals surface area contributed by atoms with E-state index in [0.29, 0.717) is 0 Å². The normalized spacial score (nSPS) is 18.6. The van der Waals surface area contributed by atoms with Gasteiger partial charge in [-0.15, -0.1) is 0 Å². The fourth-order valence-electron chi connectivity index (χ4n) is 1.03. The lowest BCUT2D eigenvalue weighted by Gasteiger charge is -2.28. The van der Waals surface area contributed by atoms with Crippen molar-refractivity contribution in [2.45, 2.75) is 50.5 Å². The van der Waals surface area contributed by atoms with E-state index in [9.17, 15) is 5.11 Å². The first-order valence-electron chi connectivity index (χ1n) is 3.68. The molecule has 0 aromatic rings. The van der Waals surface area contributed by atoms with Gasteiger partial charge in [0.2, 0.25) is 0 Å². The number of alkyl halides is 1. The van der Waals surface area contributed by atoms with E-state index in [4.69, 9.17) is 0 Å². The molecule has 1 unspecified atom stereocenters. The molecule has 1 nitrogen and oxygen atoms in total. The highest BCUT2D eigenvalue weighted by molar-refractivity contribution is 9.10. The molecule has 0 aliphatic carbocycles. The SMILES string of the molecule is CCC(C)(O)CC(C)(C)Br. The fourth-order valence-corrected chi connectivity index (χ4v) is 1.63. The summed E-state index contributed by atoms with van der Waals surface area (Å²) in [6, 6.07) is 0. The molecule has 2 heteroatoms. The molecule has 0 bridgehead atoms. The van der Waals surface area contributed by atoms with Crippen LogP contribution in [0.4, 0.5) is 0 Å². The van der Waals surface area contributed by atoms with E-state index in [1.807, 2.05) is 13.8 Å². The third-order valence-corrected chi connectivity index (χ3v) is 1.84. The zero-order chi connectivity index (χ0) is 8.41. The van der Waals surface area contributed by atoms with Gasteiger partial charge in [-0.2, -0.15) is 0 Å². The van der Waals surface area contributed by atoms with Crippen LogP contribution in [0.5, 0.6) is 0 Å². The molecule has 0 saturated carbocycles. The van der Waals surface area contributed by atoms with E-state index in [0.717, 1.165) is 12.8 Å². The number of halogens is 1. The quantitative estimate of drug-likeness (QED) is 0.708. The molecule has 1 N–H and O–H groups in total. The third-order valence-electron chi connectivity index (χ3n) is 1.56. The summed E-state index contributed by atoms with van der Waals surface area (Å²) in [5.41, 5.74) is -0.521. The maximum atomic E-state index is 9.63. The van der Waals surface area contributed by atoms with Crippen LogP contribution in [0.25, 0.3) is 0 Å². The van der Waals surface area contributed by atoms with Crippen molar-refractivity contribution in [2.24, 2.45) is 0 Å². The van der Waals surface area contributed by atoms with E-state index in [2.05, 4.69) is 29.8 Å². The topological polar surface area (TPSA) is 20.2 Å². The molecule has 0 heterocycles. The standard InChI is InChI=1S/C8H17BrO/c1-5-8(4,10)6-7(2,3)9/h10H,5-6H2,1-4H3. The van der Waals surface area contributed by atoms with Gasteiger partial charge in [0.15, 0.2) is 0 Å². The minimum absolute atomic E-state index is 0.0481. The summed E-state index contributed by atoms with van der Waals surface area (Å²) in [6.07, 6.45) is 1.60. The zero-order valence-corrected chi connectivity index (χ0v) is 8.83. The predicted molar refractivity (Wildman–Crippen MR) is 48.5 cm³/mol. The van der Waals surface area contributed by atoms with Gasteiger partial charge in [0.1, 0.15) is 0 Å². The highest BCUT2D eigenvalue weighted by atomic mass is 79.9. The van der Waals surface area contributed by atoms with Gasteiger partial charge >= 0.3 is 0 Å². The van der Waals surface area contributed by atoms with Gasteiger partial charge in [0, 0.05) is 4.32 Å². The number of hydrogen-bond acceptors (Lipinski definition) is 1. The van der Waals surface area contributed by atoms with E-state index in [1.165, 1.54) is 0 Å². The summed E-state index contributed by atoms with van der Waals surface area (Å²) in [4.78, 5) is 0. The lowest BCUT2D eigenvalue weighted by atomic mass is 9.92. The Labute approximate surface area is 72.0 Å². The Balaban J connectivity index is 3.89. The van der Waals surface area contributed by atoms with E-state index < -0.39 is 5.60 Å². The van der Waals surface area contributed by atoms with Crippen molar-refractivity contribution in [3.63, 3.8) is 0 Å². The minimum Gasteiger partial charge on any atom is -0.390 e. The van der Waals surface area contributed by atoms with Crippen LogP contribution in [0.15, 0.2) is 0 Å². The van der Waals surface area contributed by atoms with Crippen molar-refractivity contribution in [1.82, 2.24) is 0 Å². The molecule has 0 aliphatic rings. The molecule has 0 radical (unpaired) electrons. The molecule has 0 aromatic heterocycles. The molecule has 0 rings (SSSR count). The molecule has 1 atom stereocenters. The molecular weight excluding hydrogens is 192 g/mol. The first-order valence-corrected chi connectivity index (χ1v) is 4.47. The van der Waals surface area contributed by atoms with Crippen molar-refractivity contribution in [1.29, 1.82) is 0 Å². The summed E-state index contributed by atoms with van der Waals surface area (Å²) in [6.45, 7) is 8.00. The summed E-state index contributed by atoms with van der Waals surface area (Å²) < 4.78 is 0.0481. The lowest BCUT2D eigenvalue weighted by molar-refractivity contribution is 0.0402. The van der Waals surface area contributed by atoms with E-state index in [-0.39, 0.29) is 4.32 Å². The van der Waals surface area contributed by atoms with Gasteiger partial charge in [-0.25, -0.2) is 0 Å². The van der Waals surface area contributed by atoms with E-state index >= 15 is 0 Å². The van der Waals surface area contributed by atoms with Crippen LogP contribution in [0.2, 0.25) is 0 Å². The maximum absolute atomic E-state index is 9.63. The number of hydrogen-bond donors (Lipinski definition) is 1.